The third-order valence-electron chi connectivity index (χ3n) is 2.04. The number of halogens is 1. The highest BCUT2D eigenvalue weighted by molar-refractivity contribution is 7.92. The first-order valence-corrected chi connectivity index (χ1v) is 6.79. The Morgan fingerprint density at radius 2 is 2.00 bits per heavy atom. The van der Waals surface area contributed by atoms with E-state index in [0.717, 1.165) is 11.8 Å². The smallest absolute Gasteiger partial charge is 0.167 e. The van der Waals surface area contributed by atoms with Crippen molar-refractivity contribution in [1.82, 2.24) is 0 Å². The third kappa shape index (κ3) is 3.19. The van der Waals surface area contributed by atoms with Crippen molar-refractivity contribution in [2.45, 2.75) is 17.7 Å². The lowest BCUT2D eigenvalue weighted by Gasteiger charge is -2.15. The van der Waals surface area contributed by atoms with Crippen LogP contribution in [0.4, 0.5) is 0 Å². The lowest BCUT2D eigenvalue weighted by molar-refractivity contribution is 0.192. The van der Waals surface area contributed by atoms with Crippen LogP contribution in [0.2, 0.25) is 0 Å². The van der Waals surface area contributed by atoms with Crippen LogP contribution in [0.25, 0.3) is 0 Å². The van der Waals surface area contributed by atoms with Crippen LogP contribution in [-0.2, 0) is 9.84 Å². The number of aryl methyl sites for hydroxylation is 1. The summed E-state index contributed by atoms with van der Waals surface area (Å²) in [7, 11) is -3.45. The standard InChI is InChI=1S/C10H13ClO3S/c1-7-4-3-5-8(6-7)9(12)10(11)15(2,13)14/h3-6,9-10,12H,1-2H3. The van der Waals surface area contributed by atoms with E-state index in [1.54, 1.807) is 18.2 Å². The van der Waals surface area contributed by atoms with Gasteiger partial charge in [-0.1, -0.05) is 29.8 Å². The van der Waals surface area contributed by atoms with Crippen molar-refractivity contribution in [3.8, 4) is 0 Å². The van der Waals surface area contributed by atoms with Crippen molar-refractivity contribution in [3.05, 3.63) is 35.4 Å². The summed E-state index contributed by atoms with van der Waals surface area (Å²) >= 11 is 5.66. The summed E-state index contributed by atoms with van der Waals surface area (Å²) in [6, 6.07) is 6.98. The molecule has 0 saturated heterocycles. The van der Waals surface area contributed by atoms with Gasteiger partial charge in [-0.05, 0) is 12.5 Å². The van der Waals surface area contributed by atoms with E-state index in [4.69, 9.17) is 11.6 Å². The molecule has 1 N–H and O–H groups in total. The predicted octanol–water partition coefficient (Wildman–Crippen LogP) is 1.64. The van der Waals surface area contributed by atoms with E-state index in [-0.39, 0.29) is 0 Å². The zero-order valence-electron chi connectivity index (χ0n) is 8.51. The van der Waals surface area contributed by atoms with Crippen molar-refractivity contribution in [2.75, 3.05) is 6.26 Å². The van der Waals surface area contributed by atoms with Crippen molar-refractivity contribution in [2.24, 2.45) is 0 Å². The lowest BCUT2D eigenvalue weighted by Crippen LogP contribution is -2.21. The van der Waals surface area contributed by atoms with Crippen LogP contribution >= 0.6 is 11.6 Å². The molecule has 5 heteroatoms. The summed E-state index contributed by atoms with van der Waals surface area (Å²) in [4.78, 5) is 0. The van der Waals surface area contributed by atoms with Gasteiger partial charge in [0.25, 0.3) is 0 Å². The number of hydrogen-bond acceptors (Lipinski definition) is 3. The van der Waals surface area contributed by atoms with Gasteiger partial charge in [-0.25, -0.2) is 8.42 Å². The molecule has 0 spiro atoms. The van der Waals surface area contributed by atoms with E-state index in [1.165, 1.54) is 0 Å². The predicted molar refractivity (Wildman–Crippen MR) is 60.6 cm³/mol. The maximum Gasteiger partial charge on any atom is 0.167 e. The van der Waals surface area contributed by atoms with Crippen molar-refractivity contribution < 1.29 is 13.5 Å². The maximum atomic E-state index is 11.1. The van der Waals surface area contributed by atoms with Gasteiger partial charge in [-0.15, -0.1) is 11.6 Å². The van der Waals surface area contributed by atoms with Crippen LogP contribution in [0.3, 0.4) is 0 Å². The molecule has 0 aliphatic heterocycles. The molecule has 0 saturated carbocycles. The molecule has 1 aromatic carbocycles. The highest BCUT2D eigenvalue weighted by atomic mass is 35.5. The first kappa shape index (κ1) is 12.5. The van der Waals surface area contributed by atoms with Gasteiger partial charge in [-0.2, -0.15) is 0 Å². The van der Waals surface area contributed by atoms with Crippen LogP contribution in [0, 0.1) is 6.92 Å². The molecule has 84 valence electrons. The monoisotopic (exact) mass is 248 g/mol. The third-order valence-corrected chi connectivity index (χ3v) is 4.33. The minimum absolute atomic E-state index is 0.514. The summed E-state index contributed by atoms with van der Waals surface area (Å²) in [6.07, 6.45) is -0.189. The molecule has 0 radical (unpaired) electrons. The summed E-state index contributed by atoms with van der Waals surface area (Å²) in [5.74, 6) is 0. The molecule has 3 nitrogen and oxygen atoms in total. The van der Waals surface area contributed by atoms with Crippen molar-refractivity contribution >= 4 is 21.4 Å². The summed E-state index contributed by atoms with van der Waals surface area (Å²) in [5.41, 5.74) is 1.46. The van der Waals surface area contributed by atoms with Crippen molar-refractivity contribution in [3.63, 3.8) is 0 Å². The van der Waals surface area contributed by atoms with Crippen LogP contribution in [-0.4, -0.2) is 24.5 Å². The van der Waals surface area contributed by atoms with Gasteiger partial charge in [0.2, 0.25) is 0 Å². The average molecular weight is 249 g/mol. The van der Waals surface area contributed by atoms with Gasteiger partial charge in [0.05, 0.1) is 0 Å². The molecule has 0 heterocycles. The van der Waals surface area contributed by atoms with Gasteiger partial charge in [0.1, 0.15) is 6.10 Å². The molecule has 15 heavy (non-hydrogen) atoms. The fourth-order valence-corrected chi connectivity index (χ4v) is 2.01. The SMILES string of the molecule is Cc1cccc(C(O)C(Cl)S(C)(=O)=O)c1. The molecule has 2 atom stereocenters. The molecule has 0 fully saturated rings. The quantitative estimate of drug-likeness (QED) is 0.828. The van der Waals surface area contributed by atoms with Gasteiger partial charge in [0.15, 0.2) is 14.5 Å². The average Bonchev–Trinajstić information content (AvgIpc) is 2.14. The Kier molecular flexibility index (Phi) is 3.76. The molecule has 1 aromatic rings. The van der Waals surface area contributed by atoms with E-state index in [9.17, 15) is 13.5 Å². The summed E-state index contributed by atoms with van der Waals surface area (Å²) in [6.45, 7) is 1.86. The second kappa shape index (κ2) is 4.51. The highest BCUT2D eigenvalue weighted by Gasteiger charge is 2.27. The molecule has 0 amide bonds. The van der Waals surface area contributed by atoms with Gasteiger partial charge >= 0.3 is 0 Å². The first-order chi connectivity index (χ1) is 6.82. The second-order valence-corrected chi connectivity index (χ2v) is 6.44. The Bertz CT molecular complexity index is 442. The summed E-state index contributed by atoms with van der Waals surface area (Å²) in [5, 5.41) is 9.74. The molecule has 1 rings (SSSR count). The normalized spacial score (nSPS) is 16.0. The molecule has 0 aliphatic rings. The fraction of sp³-hybridized carbons (Fsp3) is 0.400. The van der Waals surface area contributed by atoms with Crippen molar-refractivity contribution in [1.29, 1.82) is 0 Å². The van der Waals surface area contributed by atoms with Crippen LogP contribution in [0.15, 0.2) is 24.3 Å². The van der Waals surface area contributed by atoms with E-state index < -0.39 is 20.7 Å². The zero-order valence-corrected chi connectivity index (χ0v) is 10.1. The molecule has 0 aromatic heterocycles. The Morgan fingerprint density at radius 3 is 2.47 bits per heavy atom. The minimum Gasteiger partial charge on any atom is -0.386 e. The van der Waals surface area contributed by atoms with Crippen LogP contribution in [0.1, 0.15) is 17.2 Å². The Hall–Kier alpha value is -0.580. The Balaban J connectivity index is 3.00. The number of benzene rings is 1. The molecular formula is C10H13ClO3S. The Morgan fingerprint density at radius 1 is 1.40 bits per heavy atom. The van der Waals surface area contributed by atoms with E-state index in [1.807, 2.05) is 13.0 Å². The maximum absolute atomic E-state index is 11.1. The molecule has 2 unspecified atom stereocenters. The van der Waals surface area contributed by atoms with E-state index >= 15 is 0 Å². The van der Waals surface area contributed by atoms with Crippen LogP contribution < -0.4 is 0 Å². The number of rotatable bonds is 3. The largest absolute Gasteiger partial charge is 0.386 e. The highest BCUT2D eigenvalue weighted by Crippen LogP contribution is 2.25. The summed E-state index contributed by atoms with van der Waals surface area (Å²) < 4.78 is 21.0. The van der Waals surface area contributed by atoms with Crippen LogP contribution in [0.5, 0.6) is 0 Å². The number of aliphatic hydroxyl groups is 1. The van der Waals surface area contributed by atoms with E-state index in [0.29, 0.717) is 5.56 Å². The van der Waals surface area contributed by atoms with Gasteiger partial charge in [0, 0.05) is 6.26 Å². The number of alkyl halides is 1. The molecule has 0 aliphatic carbocycles. The Labute approximate surface area is 94.6 Å². The first-order valence-electron chi connectivity index (χ1n) is 4.40. The lowest BCUT2D eigenvalue weighted by atomic mass is 10.1. The number of hydrogen-bond donors (Lipinski definition) is 1. The minimum atomic E-state index is -3.45. The number of sulfone groups is 1. The molecular weight excluding hydrogens is 236 g/mol. The van der Waals surface area contributed by atoms with Gasteiger partial charge in [-0.3, -0.25) is 0 Å². The topological polar surface area (TPSA) is 54.4 Å². The fourth-order valence-electron chi connectivity index (χ4n) is 1.24. The molecule has 0 bridgehead atoms. The second-order valence-electron chi connectivity index (χ2n) is 3.54. The number of aliphatic hydroxyl groups excluding tert-OH is 1. The van der Waals surface area contributed by atoms with E-state index in [2.05, 4.69) is 0 Å². The zero-order chi connectivity index (χ0) is 11.6. The van der Waals surface area contributed by atoms with Gasteiger partial charge < -0.3 is 5.11 Å².